The minimum absolute atomic E-state index is 0.0657. The van der Waals surface area contributed by atoms with Crippen LogP contribution in [0.1, 0.15) is 48.4 Å². The van der Waals surface area contributed by atoms with Crippen molar-refractivity contribution in [3.8, 4) is 0 Å². The number of nitrogens with zero attached hydrogens (tertiary/aromatic N) is 1. The summed E-state index contributed by atoms with van der Waals surface area (Å²) in [6.45, 7) is 2.30. The van der Waals surface area contributed by atoms with Gasteiger partial charge in [0.1, 0.15) is 5.82 Å². The van der Waals surface area contributed by atoms with E-state index in [0.29, 0.717) is 6.54 Å². The van der Waals surface area contributed by atoms with E-state index in [1.54, 1.807) is 6.07 Å². The number of nitrogens with one attached hydrogen (secondary N) is 1. The van der Waals surface area contributed by atoms with E-state index in [2.05, 4.69) is 34.5 Å². The van der Waals surface area contributed by atoms with Crippen molar-refractivity contribution in [1.29, 1.82) is 0 Å². The van der Waals surface area contributed by atoms with E-state index >= 15 is 0 Å². The summed E-state index contributed by atoms with van der Waals surface area (Å²) in [5.41, 5.74) is 3.39. The Bertz CT molecular complexity index is 798. The van der Waals surface area contributed by atoms with Crippen molar-refractivity contribution in [2.75, 3.05) is 13.1 Å². The summed E-state index contributed by atoms with van der Waals surface area (Å²) in [5.74, 6) is 0.103. The number of piperidine rings is 1. The van der Waals surface area contributed by atoms with Crippen LogP contribution in [0.5, 0.6) is 0 Å². The lowest BCUT2D eigenvalue weighted by atomic mass is 9.87. The molecule has 0 saturated carbocycles. The lowest BCUT2D eigenvalue weighted by molar-refractivity contribution is -0.127. The Hall–Kier alpha value is -2.20. The van der Waals surface area contributed by atoms with Gasteiger partial charge in [-0.2, -0.15) is 0 Å². The highest BCUT2D eigenvalue weighted by Gasteiger charge is 2.28. The summed E-state index contributed by atoms with van der Waals surface area (Å²) in [5, 5.41) is 3.30. The second-order valence-corrected chi connectivity index (χ2v) is 7.79. The van der Waals surface area contributed by atoms with Crippen molar-refractivity contribution >= 4 is 5.91 Å². The summed E-state index contributed by atoms with van der Waals surface area (Å²) in [6.07, 6.45) is 4.94. The Morgan fingerprint density at radius 3 is 2.59 bits per heavy atom. The standard InChI is InChI=1S/C23H27FN2O/c24-21-10-4-2-7-19(21)16-26-14-12-18(13-15-26)23(27)25-22-11-5-8-17-6-1-3-9-20(17)22/h1-4,6-7,9-10,18,22H,5,8,11-16H2,(H,25,27). The van der Waals surface area contributed by atoms with E-state index < -0.39 is 0 Å². The van der Waals surface area contributed by atoms with Crippen LogP contribution in [0.15, 0.2) is 48.5 Å². The van der Waals surface area contributed by atoms with Crippen molar-refractivity contribution in [2.45, 2.75) is 44.7 Å². The van der Waals surface area contributed by atoms with Gasteiger partial charge in [-0.3, -0.25) is 9.69 Å². The maximum Gasteiger partial charge on any atom is 0.223 e. The molecule has 27 heavy (non-hydrogen) atoms. The first kappa shape index (κ1) is 18.2. The molecule has 4 rings (SSSR count). The lowest BCUT2D eigenvalue weighted by Gasteiger charge is -2.33. The zero-order valence-electron chi connectivity index (χ0n) is 15.7. The third kappa shape index (κ3) is 4.22. The van der Waals surface area contributed by atoms with Gasteiger partial charge in [0.05, 0.1) is 6.04 Å². The molecule has 1 heterocycles. The highest BCUT2D eigenvalue weighted by Crippen LogP contribution is 2.30. The van der Waals surface area contributed by atoms with Gasteiger partial charge < -0.3 is 5.32 Å². The van der Waals surface area contributed by atoms with Crippen LogP contribution in [0.3, 0.4) is 0 Å². The number of carbonyl (C=O) groups excluding carboxylic acids is 1. The molecule has 0 bridgehead atoms. The highest BCUT2D eigenvalue weighted by molar-refractivity contribution is 5.79. The van der Waals surface area contributed by atoms with E-state index in [9.17, 15) is 9.18 Å². The first-order chi connectivity index (χ1) is 13.2. The molecule has 3 nitrogen and oxygen atoms in total. The van der Waals surface area contributed by atoms with Crippen LogP contribution in [-0.2, 0) is 17.8 Å². The van der Waals surface area contributed by atoms with Gasteiger partial charge in [0, 0.05) is 18.0 Å². The van der Waals surface area contributed by atoms with Crippen LogP contribution < -0.4 is 5.32 Å². The van der Waals surface area contributed by atoms with Crippen LogP contribution in [0.2, 0.25) is 0 Å². The quantitative estimate of drug-likeness (QED) is 0.878. The van der Waals surface area contributed by atoms with Crippen LogP contribution in [0.4, 0.5) is 4.39 Å². The Balaban J connectivity index is 1.31. The molecule has 2 aliphatic rings. The predicted octanol–water partition coefficient (Wildman–Crippen LogP) is 4.23. The van der Waals surface area contributed by atoms with Gasteiger partial charge >= 0.3 is 0 Å². The van der Waals surface area contributed by atoms with E-state index in [0.717, 1.165) is 50.8 Å². The van der Waals surface area contributed by atoms with Gasteiger partial charge in [0.15, 0.2) is 0 Å². The number of aryl methyl sites for hydroxylation is 1. The third-order valence-corrected chi connectivity index (χ3v) is 6.00. The summed E-state index contributed by atoms with van der Waals surface area (Å²) in [4.78, 5) is 15.1. The molecule has 1 fully saturated rings. The fourth-order valence-electron chi connectivity index (χ4n) is 4.41. The summed E-state index contributed by atoms with van der Waals surface area (Å²) in [6, 6.07) is 15.6. The van der Waals surface area contributed by atoms with Gasteiger partial charge in [-0.1, -0.05) is 42.5 Å². The fraction of sp³-hybridized carbons (Fsp3) is 0.435. The normalized spacial score (nSPS) is 20.9. The molecule has 1 amide bonds. The first-order valence-electron chi connectivity index (χ1n) is 10.0. The Labute approximate surface area is 160 Å². The average Bonchev–Trinajstić information content (AvgIpc) is 2.70. The number of benzene rings is 2. The minimum Gasteiger partial charge on any atom is -0.349 e. The van der Waals surface area contributed by atoms with Gasteiger partial charge in [-0.15, -0.1) is 0 Å². The molecule has 1 aliphatic carbocycles. The van der Waals surface area contributed by atoms with E-state index in [4.69, 9.17) is 0 Å². The molecule has 142 valence electrons. The van der Waals surface area contributed by atoms with Crippen LogP contribution in [-0.4, -0.2) is 23.9 Å². The minimum atomic E-state index is -0.145. The molecule has 2 aromatic rings. The smallest absolute Gasteiger partial charge is 0.223 e. The van der Waals surface area contributed by atoms with E-state index in [1.165, 1.54) is 17.2 Å². The highest BCUT2D eigenvalue weighted by atomic mass is 19.1. The number of amides is 1. The molecule has 0 radical (unpaired) electrons. The summed E-state index contributed by atoms with van der Waals surface area (Å²) < 4.78 is 13.8. The maximum atomic E-state index is 13.8. The monoisotopic (exact) mass is 366 g/mol. The first-order valence-corrected chi connectivity index (χ1v) is 10.0. The molecule has 0 spiro atoms. The number of hydrogen-bond donors (Lipinski definition) is 1. The number of hydrogen-bond acceptors (Lipinski definition) is 2. The molecular weight excluding hydrogens is 339 g/mol. The molecule has 4 heteroatoms. The largest absolute Gasteiger partial charge is 0.349 e. The van der Waals surface area contributed by atoms with Crippen LogP contribution in [0.25, 0.3) is 0 Å². The topological polar surface area (TPSA) is 32.3 Å². The number of likely N-dealkylation sites (tertiary alicyclic amines) is 1. The third-order valence-electron chi connectivity index (χ3n) is 6.00. The van der Waals surface area contributed by atoms with Crippen LogP contribution in [0, 0.1) is 11.7 Å². The number of halogens is 1. The van der Waals surface area contributed by atoms with E-state index in [1.807, 2.05) is 12.1 Å². The maximum absolute atomic E-state index is 13.8. The summed E-state index contributed by atoms with van der Waals surface area (Å²) >= 11 is 0. The van der Waals surface area contributed by atoms with Crippen molar-refractivity contribution in [2.24, 2.45) is 5.92 Å². The molecule has 1 atom stereocenters. The van der Waals surface area contributed by atoms with Gasteiger partial charge in [-0.05, 0) is 62.4 Å². The lowest BCUT2D eigenvalue weighted by Crippen LogP contribution is -2.41. The van der Waals surface area contributed by atoms with Crippen LogP contribution >= 0.6 is 0 Å². The second-order valence-electron chi connectivity index (χ2n) is 7.79. The van der Waals surface area contributed by atoms with Crippen molar-refractivity contribution in [1.82, 2.24) is 10.2 Å². The van der Waals surface area contributed by atoms with Gasteiger partial charge in [0.2, 0.25) is 5.91 Å². The molecule has 1 aliphatic heterocycles. The zero-order valence-corrected chi connectivity index (χ0v) is 15.7. The number of fused-ring (bicyclic) bond motifs is 1. The molecule has 1 unspecified atom stereocenters. The predicted molar refractivity (Wildman–Crippen MR) is 105 cm³/mol. The Morgan fingerprint density at radius 2 is 1.78 bits per heavy atom. The number of rotatable bonds is 4. The molecule has 2 aromatic carbocycles. The van der Waals surface area contributed by atoms with Crippen molar-refractivity contribution in [3.05, 3.63) is 71.0 Å². The molecule has 1 saturated heterocycles. The Morgan fingerprint density at radius 1 is 1.04 bits per heavy atom. The van der Waals surface area contributed by atoms with E-state index in [-0.39, 0.29) is 23.7 Å². The van der Waals surface area contributed by atoms with Crippen molar-refractivity contribution in [3.63, 3.8) is 0 Å². The summed E-state index contributed by atoms with van der Waals surface area (Å²) in [7, 11) is 0. The molecule has 1 N–H and O–H groups in total. The average molecular weight is 366 g/mol. The number of carbonyl (C=O) groups is 1. The SMILES string of the molecule is O=C(NC1CCCc2ccccc21)C1CCN(Cc2ccccc2F)CC1. The van der Waals surface area contributed by atoms with Gasteiger partial charge in [0.25, 0.3) is 0 Å². The zero-order chi connectivity index (χ0) is 18.6. The van der Waals surface area contributed by atoms with Gasteiger partial charge in [-0.25, -0.2) is 4.39 Å². The second kappa shape index (κ2) is 8.22. The Kier molecular flexibility index (Phi) is 5.53. The van der Waals surface area contributed by atoms with Crippen molar-refractivity contribution < 1.29 is 9.18 Å². The molecule has 0 aromatic heterocycles. The fourth-order valence-corrected chi connectivity index (χ4v) is 4.41. The molecular formula is C23H27FN2O.